The van der Waals surface area contributed by atoms with E-state index < -0.39 is 27.4 Å². The van der Waals surface area contributed by atoms with E-state index in [2.05, 4.69) is 4.72 Å². The SMILES string of the molecule is Cc1c(F)cc(C(=O)O)cc1S(=O)(=O)NC(C)CC(C)C. The Morgan fingerprint density at radius 1 is 1.33 bits per heavy atom. The zero-order chi connectivity index (χ0) is 16.4. The molecule has 0 fully saturated rings. The summed E-state index contributed by atoms with van der Waals surface area (Å²) < 4.78 is 40.8. The summed E-state index contributed by atoms with van der Waals surface area (Å²) in [5.74, 6) is -1.93. The molecule has 0 amide bonds. The van der Waals surface area contributed by atoms with Crippen LogP contribution in [0.25, 0.3) is 0 Å². The van der Waals surface area contributed by atoms with Gasteiger partial charge in [0.1, 0.15) is 5.82 Å². The Morgan fingerprint density at radius 3 is 2.38 bits per heavy atom. The lowest BCUT2D eigenvalue weighted by Crippen LogP contribution is -2.34. The van der Waals surface area contributed by atoms with Crippen LogP contribution in [-0.2, 0) is 10.0 Å². The third-order valence-corrected chi connectivity index (χ3v) is 4.73. The van der Waals surface area contributed by atoms with E-state index in [9.17, 15) is 17.6 Å². The van der Waals surface area contributed by atoms with Crippen LogP contribution >= 0.6 is 0 Å². The summed E-state index contributed by atoms with van der Waals surface area (Å²) in [5, 5.41) is 8.91. The van der Waals surface area contributed by atoms with E-state index in [1.165, 1.54) is 6.92 Å². The van der Waals surface area contributed by atoms with Gasteiger partial charge in [0.25, 0.3) is 0 Å². The Morgan fingerprint density at radius 2 is 1.90 bits per heavy atom. The number of carboxylic acids is 1. The number of halogens is 1. The predicted octanol–water partition coefficient (Wildman–Crippen LogP) is 2.55. The van der Waals surface area contributed by atoms with Gasteiger partial charge in [-0.2, -0.15) is 0 Å². The van der Waals surface area contributed by atoms with Gasteiger partial charge in [-0.05, 0) is 38.3 Å². The van der Waals surface area contributed by atoms with Crippen LogP contribution in [0.1, 0.15) is 43.1 Å². The molecule has 7 heteroatoms. The van der Waals surface area contributed by atoms with Crippen LogP contribution in [0.4, 0.5) is 4.39 Å². The Labute approximate surface area is 124 Å². The third kappa shape index (κ3) is 4.50. The molecule has 0 aliphatic heterocycles. The van der Waals surface area contributed by atoms with E-state index in [0.717, 1.165) is 12.1 Å². The zero-order valence-electron chi connectivity index (χ0n) is 12.5. The van der Waals surface area contributed by atoms with Gasteiger partial charge in [-0.1, -0.05) is 13.8 Å². The first-order valence-electron chi connectivity index (χ1n) is 6.60. The summed E-state index contributed by atoms with van der Waals surface area (Å²) in [5.41, 5.74) is -0.487. The lowest BCUT2D eigenvalue weighted by atomic mass is 10.1. The molecular formula is C14H20FNO4S. The summed E-state index contributed by atoms with van der Waals surface area (Å²) in [6, 6.07) is 1.46. The maximum atomic E-state index is 13.7. The summed E-state index contributed by atoms with van der Waals surface area (Å²) in [6.07, 6.45) is 0.624. The number of hydrogen-bond donors (Lipinski definition) is 2. The summed E-state index contributed by atoms with van der Waals surface area (Å²) in [6.45, 7) is 6.94. The Kier molecular flexibility index (Phi) is 5.47. The molecule has 0 bridgehead atoms. The van der Waals surface area contributed by atoms with E-state index in [1.54, 1.807) is 6.92 Å². The average molecular weight is 317 g/mol. The van der Waals surface area contributed by atoms with Gasteiger partial charge in [-0.25, -0.2) is 22.3 Å². The molecule has 1 atom stereocenters. The molecule has 0 aliphatic carbocycles. The number of nitrogens with one attached hydrogen (secondary N) is 1. The van der Waals surface area contributed by atoms with Gasteiger partial charge in [0.05, 0.1) is 10.5 Å². The molecule has 0 heterocycles. The van der Waals surface area contributed by atoms with Crippen molar-refractivity contribution in [1.29, 1.82) is 0 Å². The minimum atomic E-state index is -3.97. The Bertz CT molecular complexity index is 641. The highest BCUT2D eigenvalue weighted by molar-refractivity contribution is 7.89. The highest BCUT2D eigenvalue weighted by Crippen LogP contribution is 2.21. The summed E-state index contributed by atoms with van der Waals surface area (Å²) >= 11 is 0. The van der Waals surface area contributed by atoms with Crippen LogP contribution in [0, 0.1) is 18.7 Å². The monoisotopic (exact) mass is 317 g/mol. The van der Waals surface area contributed by atoms with Crippen LogP contribution in [-0.4, -0.2) is 25.5 Å². The second-order valence-electron chi connectivity index (χ2n) is 5.54. The normalized spacial score (nSPS) is 13.4. The average Bonchev–Trinajstić information content (AvgIpc) is 2.29. The zero-order valence-corrected chi connectivity index (χ0v) is 13.3. The fraction of sp³-hybridized carbons (Fsp3) is 0.500. The van der Waals surface area contributed by atoms with Crippen molar-refractivity contribution in [2.45, 2.75) is 45.1 Å². The fourth-order valence-corrected chi connectivity index (χ4v) is 3.68. The highest BCUT2D eigenvalue weighted by Gasteiger charge is 2.23. The van der Waals surface area contributed by atoms with E-state index in [0.29, 0.717) is 12.3 Å². The molecule has 2 N–H and O–H groups in total. The number of carboxylic acid groups (broad SMARTS) is 1. The summed E-state index contributed by atoms with van der Waals surface area (Å²) in [4.78, 5) is 10.6. The first-order chi connectivity index (χ1) is 9.54. The summed E-state index contributed by atoms with van der Waals surface area (Å²) in [7, 11) is -3.97. The first-order valence-corrected chi connectivity index (χ1v) is 8.08. The number of aromatic carboxylic acids is 1. The van der Waals surface area contributed by atoms with Crippen molar-refractivity contribution in [2.75, 3.05) is 0 Å². The van der Waals surface area contributed by atoms with Gasteiger partial charge < -0.3 is 5.11 Å². The third-order valence-electron chi connectivity index (χ3n) is 3.01. The van der Waals surface area contributed by atoms with Crippen LogP contribution in [0.15, 0.2) is 17.0 Å². The van der Waals surface area contributed by atoms with Crippen molar-refractivity contribution in [3.8, 4) is 0 Å². The molecular weight excluding hydrogens is 297 g/mol. The van der Waals surface area contributed by atoms with Crippen LogP contribution < -0.4 is 4.72 Å². The highest BCUT2D eigenvalue weighted by atomic mass is 32.2. The standard InChI is InChI=1S/C14H20FNO4S/c1-8(2)5-9(3)16-21(19,20)13-7-11(14(17)18)6-12(15)10(13)4/h6-9,16H,5H2,1-4H3,(H,17,18). The fourth-order valence-electron chi connectivity index (χ4n) is 2.14. The van der Waals surface area contributed by atoms with Crippen molar-refractivity contribution in [3.05, 3.63) is 29.1 Å². The van der Waals surface area contributed by atoms with E-state index in [-0.39, 0.29) is 16.5 Å². The maximum absolute atomic E-state index is 13.7. The molecule has 0 saturated carbocycles. The molecule has 0 saturated heterocycles. The lowest BCUT2D eigenvalue weighted by Gasteiger charge is -2.17. The van der Waals surface area contributed by atoms with Crippen molar-refractivity contribution in [3.63, 3.8) is 0 Å². The number of carbonyl (C=O) groups is 1. The van der Waals surface area contributed by atoms with Crippen molar-refractivity contribution < 1.29 is 22.7 Å². The number of sulfonamides is 1. The second-order valence-corrected chi connectivity index (χ2v) is 7.22. The largest absolute Gasteiger partial charge is 0.478 e. The quantitative estimate of drug-likeness (QED) is 0.844. The molecule has 1 unspecified atom stereocenters. The van der Waals surface area contributed by atoms with Gasteiger partial charge in [0.15, 0.2) is 0 Å². The van der Waals surface area contributed by atoms with Gasteiger partial charge in [0.2, 0.25) is 10.0 Å². The number of hydrogen-bond acceptors (Lipinski definition) is 3. The minimum absolute atomic E-state index is 0.0933. The Balaban J connectivity index is 3.22. The molecule has 5 nitrogen and oxygen atoms in total. The van der Waals surface area contributed by atoms with Gasteiger partial charge in [-0.3, -0.25) is 0 Å². The van der Waals surface area contributed by atoms with Crippen molar-refractivity contribution in [1.82, 2.24) is 4.72 Å². The van der Waals surface area contributed by atoms with Gasteiger partial charge in [-0.15, -0.1) is 0 Å². The van der Waals surface area contributed by atoms with Crippen LogP contribution in [0.2, 0.25) is 0 Å². The first kappa shape index (κ1) is 17.6. The van der Waals surface area contributed by atoms with E-state index in [4.69, 9.17) is 5.11 Å². The number of rotatable bonds is 6. The second kappa shape index (κ2) is 6.53. The van der Waals surface area contributed by atoms with Crippen LogP contribution in [0.3, 0.4) is 0 Å². The molecule has 0 spiro atoms. The van der Waals surface area contributed by atoms with Crippen molar-refractivity contribution >= 4 is 16.0 Å². The molecule has 1 aromatic carbocycles. The molecule has 1 aromatic rings. The topological polar surface area (TPSA) is 83.5 Å². The lowest BCUT2D eigenvalue weighted by molar-refractivity contribution is 0.0696. The molecule has 1 rings (SSSR count). The van der Waals surface area contributed by atoms with Crippen LogP contribution in [0.5, 0.6) is 0 Å². The maximum Gasteiger partial charge on any atom is 0.335 e. The molecule has 118 valence electrons. The van der Waals surface area contributed by atoms with Gasteiger partial charge in [0, 0.05) is 11.6 Å². The Hall–Kier alpha value is -1.47. The molecule has 0 aromatic heterocycles. The molecule has 0 aliphatic rings. The molecule has 21 heavy (non-hydrogen) atoms. The predicted molar refractivity (Wildman–Crippen MR) is 77.3 cm³/mol. The smallest absolute Gasteiger partial charge is 0.335 e. The molecule has 0 radical (unpaired) electrons. The number of benzene rings is 1. The van der Waals surface area contributed by atoms with Gasteiger partial charge >= 0.3 is 5.97 Å². The minimum Gasteiger partial charge on any atom is -0.478 e. The van der Waals surface area contributed by atoms with E-state index in [1.807, 2.05) is 13.8 Å². The van der Waals surface area contributed by atoms with Crippen molar-refractivity contribution in [2.24, 2.45) is 5.92 Å². The van der Waals surface area contributed by atoms with E-state index >= 15 is 0 Å².